The van der Waals surface area contributed by atoms with Crippen LogP contribution in [0, 0.1) is 5.92 Å². The second-order valence-corrected chi connectivity index (χ2v) is 6.73. The van der Waals surface area contributed by atoms with Gasteiger partial charge in [0.25, 0.3) is 0 Å². The monoisotopic (exact) mass is 301 g/mol. The maximum Gasteiger partial charge on any atom is 0.222 e. The minimum Gasteiger partial charge on any atom is -0.455 e. The summed E-state index contributed by atoms with van der Waals surface area (Å²) < 4.78 is 6.17. The molecule has 0 amide bonds. The van der Waals surface area contributed by atoms with Crippen LogP contribution in [0.2, 0.25) is 0 Å². The van der Waals surface area contributed by atoms with Gasteiger partial charge in [-0.05, 0) is 25.8 Å². The average molecular weight is 301 g/mol. The van der Waals surface area contributed by atoms with Crippen molar-refractivity contribution in [1.82, 2.24) is 14.9 Å². The number of nitrogens with zero attached hydrogens (tertiary/aromatic N) is 4. The van der Waals surface area contributed by atoms with E-state index in [4.69, 9.17) is 10.2 Å². The molecule has 6 nitrogen and oxygen atoms in total. The number of furan rings is 1. The van der Waals surface area contributed by atoms with Gasteiger partial charge in [0.2, 0.25) is 5.95 Å². The van der Waals surface area contributed by atoms with Crippen molar-refractivity contribution in [2.45, 2.75) is 26.2 Å². The predicted molar refractivity (Wildman–Crippen MR) is 87.1 cm³/mol. The Morgan fingerprint density at radius 1 is 1.18 bits per heavy atom. The molecule has 1 aliphatic carbocycles. The van der Waals surface area contributed by atoms with Crippen molar-refractivity contribution in [2.24, 2.45) is 5.92 Å². The highest BCUT2D eigenvalue weighted by Gasteiger charge is 2.27. The van der Waals surface area contributed by atoms with Crippen molar-refractivity contribution < 1.29 is 4.42 Å². The summed E-state index contributed by atoms with van der Waals surface area (Å²) >= 11 is 0. The number of nitrogens with two attached hydrogens (primary N) is 1. The molecule has 2 aromatic heterocycles. The van der Waals surface area contributed by atoms with Gasteiger partial charge in [0.1, 0.15) is 11.3 Å². The summed E-state index contributed by atoms with van der Waals surface area (Å²) in [6.45, 7) is 6.24. The van der Waals surface area contributed by atoms with Crippen LogP contribution in [0.25, 0.3) is 11.1 Å². The van der Waals surface area contributed by atoms with E-state index in [9.17, 15) is 0 Å². The van der Waals surface area contributed by atoms with Crippen LogP contribution in [-0.2, 0) is 12.8 Å². The van der Waals surface area contributed by atoms with Crippen molar-refractivity contribution in [1.29, 1.82) is 0 Å². The summed E-state index contributed by atoms with van der Waals surface area (Å²) in [6, 6.07) is 0. The average Bonchev–Trinajstić information content (AvgIpc) is 2.85. The van der Waals surface area contributed by atoms with Crippen molar-refractivity contribution in [2.75, 3.05) is 43.9 Å². The standard InChI is InChI=1S/C16H23N5O/c1-10-3-4-12-11(9-10)13-14(22-12)15(19-16(17)18-13)21-7-5-20(2)6-8-21/h10H,3-9H2,1-2H3,(H2,17,18,19). The second kappa shape index (κ2) is 5.12. The summed E-state index contributed by atoms with van der Waals surface area (Å²) in [4.78, 5) is 13.6. The van der Waals surface area contributed by atoms with Crippen LogP contribution in [-0.4, -0.2) is 48.1 Å². The minimum atomic E-state index is 0.350. The zero-order chi connectivity index (χ0) is 15.3. The highest BCUT2D eigenvalue weighted by atomic mass is 16.3. The molecule has 1 atom stereocenters. The zero-order valence-corrected chi connectivity index (χ0v) is 13.3. The second-order valence-electron chi connectivity index (χ2n) is 6.73. The Balaban J connectivity index is 1.81. The number of fused-ring (bicyclic) bond motifs is 3. The molecule has 118 valence electrons. The lowest BCUT2D eigenvalue weighted by Gasteiger charge is -2.33. The first-order valence-corrected chi connectivity index (χ1v) is 8.13. The molecule has 2 N–H and O–H groups in total. The van der Waals surface area contributed by atoms with Crippen LogP contribution in [0.15, 0.2) is 4.42 Å². The number of anilines is 2. The highest BCUT2D eigenvalue weighted by molar-refractivity contribution is 5.89. The van der Waals surface area contributed by atoms with E-state index in [2.05, 4.69) is 33.7 Å². The van der Waals surface area contributed by atoms with Gasteiger partial charge in [-0.15, -0.1) is 0 Å². The topological polar surface area (TPSA) is 71.4 Å². The largest absolute Gasteiger partial charge is 0.455 e. The maximum absolute atomic E-state index is 6.17. The molecule has 6 heteroatoms. The third kappa shape index (κ3) is 2.22. The molecular weight excluding hydrogens is 278 g/mol. The van der Waals surface area contributed by atoms with Gasteiger partial charge in [0.15, 0.2) is 11.4 Å². The number of rotatable bonds is 1. The number of hydrogen-bond donors (Lipinski definition) is 1. The molecule has 1 saturated heterocycles. The molecule has 1 fully saturated rings. The normalized spacial score (nSPS) is 23.0. The Morgan fingerprint density at radius 2 is 1.95 bits per heavy atom. The van der Waals surface area contributed by atoms with Crippen LogP contribution in [0.4, 0.5) is 11.8 Å². The van der Waals surface area contributed by atoms with Gasteiger partial charge in [-0.25, -0.2) is 4.98 Å². The minimum absolute atomic E-state index is 0.350. The van der Waals surface area contributed by atoms with Gasteiger partial charge in [-0.2, -0.15) is 4.98 Å². The van der Waals surface area contributed by atoms with Crippen molar-refractivity contribution in [3.8, 4) is 0 Å². The SMILES string of the molecule is CC1CCc2oc3c(N4CCN(C)CC4)nc(N)nc3c2C1. The molecule has 2 aliphatic rings. The molecular formula is C16H23N5O. The summed E-state index contributed by atoms with van der Waals surface area (Å²) in [7, 11) is 2.15. The van der Waals surface area contributed by atoms with E-state index >= 15 is 0 Å². The summed E-state index contributed by atoms with van der Waals surface area (Å²) in [6.07, 6.45) is 3.20. The number of aryl methyl sites for hydroxylation is 1. The summed E-state index contributed by atoms with van der Waals surface area (Å²) in [5.41, 5.74) is 9.00. The molecule has 1 aliphatic heterocycles. The van der Waals surface area contributed by atoms with Crippen molar-refractivity contribution >= 4 is 22.9 Å². The Morgan fingerprint density at radius 3 is 2.73 bits per heavy atom. The zero-order valence-electron chi connectivity index (χ0n) is 13.3. The van der Waals surface area contributed by atoms with Crippen LogP contribution in [0.5, 0.6) is 0 Å². The van der Waals surface area contributed by atoms with Gasteiger partial charge in [-0.1, -0.05) is 6.92 Å². The maximum atomic E-state index is 6.17. The summed E-state index contributed by atoms with van der Waals surface area (Å²) in [5, 5.41) is 0. The third-order valence-electron chi connectivity index (χ3n) is 4.93. The Hall–Kier alpha value is -1.82. The Bertz CT molecular complexity index is 702. The first-order chi connectivity index (χ1) is 10.6. The molecule has 3 heterocycles. The van der Waals surface area contributed by atoms with E-state index in [1.54, 1.807) is 0 Å². The molecule has 2 aromatic rings. The van der Waals surface area contributed by atoms with Crippen LogP contribution in [0.1, 0.15) is 24.7 Å². The van der Waals surface area contributed by atoms with Crippen molar-refractivity contribution in [3.05, 3.63) is 11.3 Å². The molecule has 22 heavy (non-hydrogen) atoms. The molecule has 4 rings (SSSR count). The van der Waals surface area contributed by atoms with Gasteiger partial charge in [-0.3, -0.25) is 0 Å². The van der Waals surface area contributed by atoms with Crippen LogP contribution >= 0.6 is 0 Å². The highest BCUT2D eigenvalue weighted by Crippen LogP contribution is 2.37. The predicted octanol–water partition coefficient (Wildman–Crippen LogP) is 1.68. The molecule has 0 aromatic carbocycles. The van der Waals surface area contributed by atoms with Crippen molar-refractivity contribution in [3.63, 3.8) is 0 Å². The molecule has 0 saturated carbocycles. The van der Waals surface area contributed by atoms with E-state index in [0.717, 1.165) is 61.7 Å². The van der Waals surface area contributed by atoms with Crippen LogP contribution in [0.3, 0.4) is 0 Å². The van der Waals surface area contributed by atoms with E-state index in [0.29, 0.717) is 11.9 Å². The number of piperazine rings is 1. The molecule has 0 bridgehead atoms. The lowest BCUT2D eigenvalue weighted by molar-refractivity contribution is 0.312. The number of hydrogen-bond acceptors (Lipinski definition) is 6. The Labute approximate surface area is 130 Å². The van der Waals surface area contributed by atoms with E-state index in [1.165, 1.54) is 12.0 Å². The first-order valence-electron chi connectivity index (χ1n) is 8.13. The smallest absolute Gasteiger partial charge is 0.222 e. The van der Waals surface area contributed by atoms with Gasteiger partial charge < -0.3 is 20.0 Å². The Kier molecular flexibility index (Phi) is 3.22. The lowest BCUT2D eigenvalue weighted by atomic mass is 9.89. The number of likely N-dealkylation sites (N-methyl/N-ethyl adjacent to an activating group) is 1. The molecule has 0 spiro atoms. The van der Waals surface area contributed by atoms with Crippen LogP contribution < -0.4 is 10.6 Å². The fraction of sp³-hybridized carbons (Fsp3) is 0.625. The summed E-state index contributed by atoms with van der Waals surface area (Å²) in [5.74, 6) is 2.99. The fourth-order valence-electron chi connectivity index (χ4n) is 3.54. The quantitative estimate of drug-likeness (QED) is 0.864. The van der Waals surface area contributed by atoms with E-state index < -0.39 is 0 Å². The molecule has 0 radical (unpaired) electrons. The first kappa shape index (κ1) is 13.8. The molecule has 1 unspecified atom stereocenters. The van der Waals surface area contributed by atoms with Gasteiger partial charge >= 0.3 is 0 Å². The number of nitrogen functional groups attached to an aromatic ring is 1. The number of aromatic nitrogens is 2. The van der Waals surface area contributed by atoms with Gasteiger partial charge in [0, 0.05) is 38.2 Å². The van der Waals surface area contributed by atoms with E-state index in [-0.39, 0.29) is 0 Å². The van der Waals surface area contributed by atoms with Gasteiger partial charge in [0.05, 0.1) is 0 Å². The fourth-order valence-corrected chi connectivity index (χ4v) is 3.54. The van der Waals surface area contributed by atoms with E-state index in [1.807, 2.05) is 0 Å². The lowest BCUT2D eigenvalue weighted by Crippen LogP contribution is -2.45. The third-order valence-corrected chi connectivity index (χ3v) is 4.93.